The number of hydrazine groups is 1. The molecule has 0 saturated carbocycles. The van der Waals surface area contributed by atoms with Crippen LogP contribution in [0.15, 0.2) is 6.33 Å². The molecule has 7 heteroatoms. The number of nitrogens with two attached hydrogens (primary N) is 1. The molecule has 0 bridgehead atoms. The van der Waals surface area contributed by atoms with Crippen LogP contribution < -0.4 is 16.2 Å². The summed E-state index contributed by atoms with van der Waals surface area (Å²) in [5, 5.41) is 0. The van der Waals surface area contributed by atoms with E-state index in [1.165, 1.54) is 0 Å². The highest BCUT2D eigenvalue weighted by Crippen LogP contribution is 2.24. The quantitative estimate of drug-likeness (QED) is 0.360. The summed E-state index contributed by atoms with van der Waals surface area (Å²) in [6.45, 7) is 5.13. The van der Waals surface area contributed by atoms with Gasteiger partial charge in [0.05, 0.1) is 6.61 Å². The van der Waals surface area contributed by atoms with Crippen molar-refractivity contribution in [3.63, 3.8) is 0 Å². The van der Waals surface area contributed by atoms with Crippen molar-refractivity contribution in [1.29, 1.82) is 0 Å². The number of methoxy groups -OCH3 is 2. The smallest absolute Gasteiger partial charge is 0.148 e. The lowest BCUT2D eigenvalue weighted by atomic mass is 10.1. The van der Waals surface area contributed by atoms with Crippen LogP contribution in [0.4, 0.5) is 11.6 Å². The highest BCUT2D eigenvalue weighted by Gasteiger charge is 2.16. The predicted octanol–water partition coefficient (Wildman–Crippen LogP) is 1.20. The fourth-order valence-corrected chi connectivity index (χ4v) is 2.20. The summed E-state index contributed by atoms with van der Waals surface area (Å²) in [5.74, 6) is 7.18. The van der Waals surface area contributed by atoms with Gasteiger partial charge >= 0.3 is 0 Å². The van der Waals surface area contributed by atoms with Gasteiger partial charge in [0.15, 0.2) is 0 Å². The molecule has 1 aromatic rings. The van der Waals surface area contributed by atoms with E-state index in [1.54, 1.807) is 20.5 Å². The molecule has 3 N–H and O–H groups in total. The maximum atomic E-state index is 5.57. The molecule has 21 heavy (non-hydrogen) atoms. The number of rotatable bonds is 11. The van der Waals surface area contributed by atoms with Crippen LogP contribution in [0.5, 0.6) is 0 Å². The van der Waals surface area contributed by atoms with Crippen molar-refractivity contribution in [1.82, 2.24) is 9.97 Å². The van der Waals surface area contributed by atoms with Gasteiger partial charge < -0.3 is 19.8 Å². The normalized spacial score (nSPS) is 10.7. The first-order chi connectivity index (χ1) is 10.3. The maximum absolute atomic E-state index is 5.57. The van der Waals surface area contributed by atoms with Crippen LogP contribution in [0.3, 0.4) is 0 Å². The molecule has 0 aliphatic rings. The van der Waals surface area contributed by atoms with E-state index < -0.39 is 0 Å². The number of ether oxygens (including phenoxy) is 2. The van der Waals surface area contributed by atoms with Crippen molar-refractivity contribution in [3.8, 4) is 0 Å². The number of anilines is 2. The van der Waals surface area contributed by atoms with Gasteiger partial charge in [0.25, 0.3) is 0 Å². The van der Waals surface area contributed by atoms with Gasteiger partial charge in [-0.05, 0) is 12.8 Å². The Morgan fingerprint density at radius 3 is 2.57 bits per heavy atom. The van der Waals surface area contributed by atoms with Crippen molar-refractivity contribution in [2.75, 3.05) is 50.8 Å². The predicted molar refractivity (Wildman–Crippen MR) is 84.4 cm³/mol. The zero-order chi connectivity index (χ0) is 15.5. The van der Waals surface area contributed by atoms with Crippen LogP contribution in [-0.4, -0.2) is 50.5 Å². The van der Waals surface area contributed by atoms with Crippen molar-refractivity contribution in [3.05, 3.63) is 11.9 Å². The lowest BCUT2D eigenvalue weighted by molar-refractivity contribution is 0.191. The van der Waals surface area contributed by atoms with Gasteiger partial charge in [-0.1, -0.05) is 13.3 Å². The average Bonchev–Trinajstić information content (AvgIpc) is 2.51. The first-order valence-corrected chi connectivity index (χ1v) is 7.31. The number of nitrogens with zero attached hydrogens (tertiary/aromatic N) is 3. The number of hydrogen-bond acceptors (Lipinski definition) is 7. The zero-order valence-corrected chi connectivity index (χ0v) is 13.3. The average molecular weight is 297 g/mol. The second-order valence-electron chi connectivity index (χ2n) is 4.74. The maximum Gasteiger partial charge on any atom is 0.148 e. The summed E-state index contributed by atoms with van der Waals surface area (Å²) < 4.78 is 10.3. The molecule has 0 radical (unpaired) electrons. The van der Waals surface area contributed by atoms with Crippen LogP contribution in [0.25, 0.3) is 0 Å². The molecule has 0 aromatic carbocycles. The van der Waals surface area contributed by atoms with Gasteiger partial charge in [-0.2, -0.15) is 0 Å². The number of nitrogen functional groups attached to an aromatic ring is 1. The Morgan fingerprint density at radius 1 is 1.19 bits per heavy atom. The van der Waals surface area contributed by atoms with E-state index in [-0.39, 0.29) is 0 Å². The minimum absolute atomic E-state index is 0.647. The van der Waals surface area contributed by atoms with Gasteiger partial charge in [0.2, 0.25) is 0 Å². The van der Waals surface area contributed by atoms with Gasteiger partial charge in [-0.3, -0.25) is 0 Å². The molecular weight excluding hydrogens is 270 g/mol. The third-order valence-electron chi connectivity index (χ3n) is 3.20. The first kappa shape index (κ1) is 17.6. The molecule has 1 aromatic heterocycles. The van der Waals surface area contributed by atoms with Crippen LogP contribution in [0, 0.1) is 0 Å². The Hall–Kier alpha value is -1.44. The van der Waals surface area contributed by atoms with E-state index in [4.69, 9.17) is 15.3 Å². The molecule has 0 amide bonds. The molecule has 0 fully saturated rings. The Labute approximate surface area is 126 Å². The molecule has 0 spiro atoms. The second-order valence-corrected chi connectivity index (χ2v) is 4.74. The van der Waals surface area contributed by atoms with Crippen LogP contribution >= 0.6 is 0 Å². The van der Waals surface area contributed by atoms with Gasteiger partial charge in [-0.25, -0.2) is 15.8 Å². The zero-order valence-electron chi connectivity index (χ0n) is 13.3. The molecule has 7 nitrogen and oxygen atoms in total. The summed E-state index contributed by atoms with van der Waals surface area (Å²) in [6, 6.07) is 0. The standard InChI is InChI=1S/C14H27N5O2/c1-4-6-12-13(18-15)16-11-17-14(12)19(8-10-21-3)7-5-9-20-2/h11H,4-10,15H2,1-3H3,(H,16,17,18). The summed E-state index contributed by atoms with van der Waals surface area (Å²) >= 11 is 0. The van der Waals surface area contributed by atoms with Gasteiger partial charge in [0.1, 0.15) is 18.0 Å². The van der Waals surface area contributed by atoms with E-state index >= 15 is 0 Å². The molecule has 0 saturated heterocycles. The van der Waals surface area contributed by atoms with Crippen molar-refractivity contribution >= 4 is 11.6 Å². The lowest BCUT2D eigenvalue weighted by Crippen LogP contribution is -2.31. The van der Waals surface area contributed by atoms with Crippen molar-refractivity contribution in [2.45, 2.75) is 26.2 Å². The Kier molecular flexibility index (Phi) is 8.65. The SMILES string of the molecule is CCCc1c(NN)ncnc1N(CCCOC)CCOC. The molecular formula is C14H27N5O2. The second kappa shape index (κ2) is 10.3. The molecule has 0 atom stereocenters. The van der Waals surface area contributed by atoms with Crippen LogP contribution in [0.2, 0.25) is 0 Å². The molecule has 120 valence electrons. The number of nitrogens with one attached hydrogen (secondary N) is 1. The minimum Gasteiger partial charge on any atom is -0.385 e. The van der Waals surface area contributed by atoms with E-state index in [2.05, 4.69) is 27.2 Å². The van der Waals surface area contributed by atoms with E-state index in [0.29, 0.717) is 12.4 Å². The van der Waals surface area contributed by atoms with Gasteiger partial charge in [0, 0.05) is 39.5 Å². The molecule has 0 unspecified atom stereocenters. The first-order valence-electron chi connectivity index (χ1n) is 7.31. The van der Waals surface area contributed by atoms with Gasteiger partial charge in [-0.15, -0.1) is 0 Å². The molecule has 0 aliphatic heterocycles. The minimum atomic E-state index is 0.647. The fourth-order valence-electron chi connectivity index (χ4n) is 2.20. The summed E-state index contributed by atoms with van der Waals surface area (Å²) in [6.07, 6.45) is 4.36. The number of aromatic nitrogens is 2. The Morgan fingerprint density at radius 2 is 1.95 bits per heavy atom. The Bertz CT molecular complexity index is 403. The monoisotopic (exact) mass is 297 g/mol. The topological polar surface area (TPSA) is 85.5 Å². The highest BCUT2D eigenvalue weighted by atomic mass is 16.5. The third kappa shape index (κ3) is 5.45. The van der Waals surface area contributed by atoms with E-state index in [0.717, 1.165) is 50.3 Å². The van der Waals surface area contributed by atoms with Crippen LogP contribution in [-0.2, 0) is 15.9 Å². The lowest BCUT2D eigenvalue weighted by Gasteiger charge is -2.26. The summed E-state index contributed by atoms with van der Waals surface area (Å²) in [7, 11) is 3.41. The third-order valence-corrected chi connectivity index (χ3v) is 3.20. The largest absolute Gasteiger partial charge is 0.385 e. The van der Waals surface area contributed by atoms with E-state index in [1.807, 2.05) is 0 Å². The Balaban J connectivity index is 2.97. The molecule has 1 heterocycles. The molecule has 1 rings (SSSR count). The molecule has 0 aliphatic carbocycles. The highest BCUT2D eigenvalue weighted by molar-refractivity contribution is 5.58. The summed E-state index contributed by atoms with van der Waals surface area (Å²) in [5.41, 5.74) is 3.72. The van der Waals surface area contributed by atoms with E-state index in [9.17, 15) is 0 Å². The summed E-state index contributed by atoms with van der Waals surface area (Å²) in [4.78, 5) is 10.9. The fraction of sp³-hybridized carbons (Fsp3) is 0.714. The number of hydrogen-bond donors (Lipinski definition) is 2. The van der Waals surface area contributed by atoms with Crippen molar-refractivity contribution in [2.24, 2.45) is 5.84 Å². The van der Waals surface area contributed by atoms with Crippen LogP contribution in [0.1, 0.15) is 25.3 Å². The van der Waals surface area contributed by atoms with Crippen molar-refractivity contribution < 1.29 is 9.47 Å².